The van der Waals surface area contributed by atoms with Gasteiger partial charge in [0, 0.05) is 17.4 Å². The van der Waals surface area contributed by atoms with Crippen LogP contribution in [0, 0.1) is 0 Å². The monoisotopic (exact) mass is 396 g/mol. The van der Waals surface area contributed by atoms with Gasteiger partial charge in [0.2, 0.25) is 0 Å². The summed E-state index contributed by atoms with van der Waals surface area (Å²) in [5, 5.41) is 0.735. The van der Waals surface area contributed by atoms with E-state index in [-0.39, 0.29) is 5.97 Å². The number of rotatable bonds is 11. The van der Waals surface area contributed by atoms with E-state index in [1.807, 2.05) is 21.6 Å². The molecule has 0 amide bonds. The Labute approximate surface area is 164 Å². The van der Waals surface area contributed by atoms with Crippen molar-refractivity contribution < 1.29 is 19.1 Å². The first-order chi connectivity index (χ1) is 12.7. The fourth-order valence-electron chi connectivity index (χ4n) is 2.70. The first kappa shape index (κ1) is 21.2. The molecule has 0 aromatic heterocycles. The minimum absolute atomic E-state index is 0.287. The highest BCUT2D eigenvalue weighted by molar-refractivity contribution is 8.77. The summed E-state index contributed by atoms with van der Waals surface area (Å²) in [5.74, 6) is 0.814. The lowest BCUT2D eigenvalue weighted by molar-refractivity contribution is -0.134. The smallest absolute Gasteiger partial charge is 0.341 e. The van der Waals surface area contributed by atoms with Crippen molar-refractivity contribution in [3.8, 4) is 5.75 Å². The Bertz CT molecular complexity index is 571. The normalized spacial score (nSPS) is 16.4. The molecule has 6 heteroatoms. The van der Waals surface area contributed by atoms with Crippen LogP contribution < -0.4 is 4.74 Å². The van der Waals surface area contributed by atoms with Crippen molar-refractivity contribution in [1.82, 2.24) is 0 Å². The fraction of sp³-hybridized carbons (Fsp3) is 0.600. The zero-order valence-corrected chi connectivity index (χ0v) is 17.0. The summed E-state index contributed by atoms with van der Waals surface area (Å²) in [6, 6.07) is 6.79. The van der Waals surface area contributed by atoms with Crippen LogP contribution >= 0.6 is 21.6 Å². The molecular formula is C20H28O4S2. The number of carbonyl (C=O) groups excluding carboxylic acids is 2. The first-order valence-electron chi connectivity index (χ1n) is 9.45. The molecule has 1 atom stereocenters. The second-order valence-corrected chi connectivity index (χ2v) is 9.18. The van der Waals surface area contributed by atoms with E-state index in [9.17, 15) is 9.59 Å². The molecule has 0 saturated carbocycles. The van der Waals surface area contributed by atoms with Gasteiger partial charge in [0.15, 0.2) is 0 Å². The zero-order chi connectivity index (χ0) is 18.6. The van der Waals surface area contributed by atoms with E-state index in [2.05, 4.69) is 6.92 Å². The lowest BCUT2D eigenvalue weighted by Crippen LogP contribution is -2.13. The van der Waals surface area contributed by atoms with E-state index in [0.717, 1.165) is 43.8 Å². The molecule has 1 aromatic carbocycles. The molecular weight excluding hydrogens is 368 g/mol. The quantitative estimate of drug-likeness (QED) is 0.208. The van der Waals surface area contributed by atoms with Crippen molar-refractivity contribution in [1.29, 1.82) is 0 Å². The number of hydrogen-bond donors (Lipinski definition) is 0. The second-order valence-electron chi connectivity index (χ2n) is 6.39. The third kappa shape index (κ3) is 7.62. The zero-order valence-electron chi connectivity index (χ0n) is 15.4. The second kappa shape index (κ2) is 12.3. The van der Waals surface area contributed by atoms with Gasteiger partial charge in [-0.15, -0.1) is 0 Å². The highest BCUT2D eigenvalue weighted by Gasteiger charge is 2.18. The molecule has 0 aliphatic carbocycles. The molecule has 1 fully saturated rings. The Morgan fingerprint density at radius 2 is 2.00 bits per heavy atom. The Balaban J connectivity index is 1.74. The average molecular weight is 397 g/mol. The molecule has 2 rings (SSSR count). The largest absolute Gasteiger partial charge is 0.462 e. The topological polar surface area (TPSA) is 52.6 Å². The fourth-order valence-corrected chi connectivity index (χ4v) is 5.73. The molecule has 1 aliphatic heterocycles. The van der Waals surface area contributed by atoms with Gasteiger partial charge in [0.25, 0.3) is 0 Å². The van der Waals surface area contributed by atoms with Gasteiger partial charge in [0.05, 0.1) is 6.61 Å². The van der Waals surface area contributed by atoms with Gasteiger partial charge in [-0.25, -0.2) is 4.79 Å². The summed E-state index contributed by atoms with van der Waals surface area (Å²) in [5.41, 5.74) is 0.316. The van der Waals surface area contributed by atoms with Crippen LogP contribution in [0.4, 0.5) is 0 Å². The summed E-state index contributed by atoms with van der Waals surface area (Å²) < 4.78 is 10.7. The standard InChI is InChI=1S/C20H28O4S2/c1-2-3-8-14-23-20(22)17-10-5-6-11-18(17)24-19(21)12-7-4-9-16-13-15-25-26-16/h5-6,10-11,16H,2-4,7-9,12-15H2,1H3. The van der Waals surface area contributed by atoms with Gasteiger partial charge >= 0.3 is 11.9 Å². The Hall–Kier alpha value is -1.14. The number of ether oxygens (including phenoxy) is 2. The Morgan fingerprint density at radius 3 is 2.77 bits per heavy atom. The van der Waals surface area contributed by atoms with Gasteiger partial charge in [-0.2, -0.15) is 0 Å². The van der Waals surface area contributed by atoms with Crippen molar-refractivity contribution in [2.45, 2.75) is 63.5 Å². The maximum absolute atomic E-state index is 12.2. The van der Waals surface area contributed by atoms with E-state index in [1.54, 1.807) is 24.3 Å². The third-order valence-corrected chi connectivity index (χ3v) is 7.20. The Kier molecular flexibility index (Phi) is 10.00. The molecule has 1 unspecified atom stereocenters. The molecule has 0 N–H and O–H groups in total. The molecule has 1 aromatic rings. The lowest BCUT2D eigenvalue weighted by Gasteiger charge is -2.10. The molecule has 4 nitrogen and oxygen atoms in total. The first-order valence-corrected chi connectivity index (χ1v) is 11.8. The van der Waals surface area contributed by atoms with Gasteiger partial charge in [-0.05, 0) is 37.8 Å². The van der Waals surface area contributed by atoms with E-state index >= 15 is 0 Å². The predicted molar refractivity (Wildman–Crippen MR) is 109 cm³/mol. The molecule has 1 aliphatic rings. The predicted octanol–water partition coefficient (Wildman–Crippen LogP) is 5.65. The maximum atomic E-state index is 12.2. The van der Waals surface area contributed by atoms with Crippen molar-refractivity contribution in [3.63, 3.8) is 0 Å². The number of benzene rings is 1. The van der Waals surface area contributed by atoms with Crippen LogP contribution in [0.15, 0.2) is 24.3 Å². The minimum Gasteiger partial charge on any atom is -0.462 e. The lowest BCUT2D eigenvalue weighted by atomic mass is 10.1. The molecule has 26 heavy (non-hydrogen) atoms. The van der Waals surface area contributed by atoms with Gasteiger partial charge in [-0.1, -0.05) is 59.9 Å². The highest BCUT2D eigenvalue weighted by atomic mass is 33.1. The van der Waals surface area contributed by atoms with Crippen LogP contribution in [0.5, 0.6) is 5.75 Å². The number of unbranched alkanes of at least 4 members (excludes halogenated alkanes) is 3. The van der Waals surface area contributed by atoms with Crippen LogP contribution in [-0.4, -0.2) is 29.5 Å². The SMILES string of the molecule is CCCCCOC(=O)c1ccccc1OC(=O)CCCCC1CCSS1. The van der Waals surface area contributed by atoms with Crippen molar-refractivity contribution >= 4 is 33.5 Å². The van der Waals surface area contributed by atoms with Crippen molar-refractivity contribution in [2.24, 2.45) is 0 Å². The summed E-state index contributed by atoms with van der Waals surface area (Å²) in [6.07, 6.45) is 7.62. The molecule has 0 radical (unpaired) electrons. The number of carbonyl (C=O) groups is 2. The minimum atomic E-state index is -0.430. The summed E-state index contributed by atoms with van der Waals surface area (Å²) in [7, 11) is 3.91. The average Bonchev–Trinajstić information content (AvgIpc) is 3.16. The van der Waals surface area contributed by atoms with E-state index in [1.165, 1.54) is 12.2 Å². The van der Waals surface area contributed by atoms with Crippen molar-refractivity contribution in [2.75, 3.05) is 12.4 Å². The highest BCUT2D eigenvalue weighted by Crippen LogP contribution is 2.39. The van der Waals surface area contributed by atoms with Crippen LogP contribution in [-0.2, 0) is 9.53 Å². The van der Waals surface area contributed by atoms with Gasteiger partial charge < -0.3 is 9.47 Å². The third-order valence-electron chi connectivity index (χ3n) is 4.20. The summed E-state index contributed by atoms with van der Waals surface area (Å²) in [4.78, 5) is 24.3. The molecule has 144 valence electrons. The van der Waals surface area contributed by atoms with Crippen LogP contribution in [0.2, 0.25) is 0 Å². The number of esters is 2. The molecule has 0 bridgehead atoms. The Morgan fingerprint density at radius 1 is 1.15 bits per heavy atom. The van der Waals surface area contributed by atoms with Crippen LogP contribution in [0.1, 0.15) is 68.6 Å². The van der Waals surface area contributed by atoms with E-state index in [0.29, 0.717) is 24.3 Å². The van der Waals surface area contributed by atoms with Crippen LogP contribution in [0.25, 0.3) is 0 Å². The number of hydrogen-bond acceptors (Lipinski definition) is 6. The van der Waals surface area contributed by atoms with Gasteiger partial charge in [-0.3, -0.25) is 4.79 Å². The number of para-hydroxylation sites is 1. The van der Waals surface area contributed by atoms with E-state index in [4.69, 9.17) is 9.47 Å². The maximum Gasteiger partial charge on any atom is 0.341 e. The molecule has 1 heterocycles. The van der Waals surface area contributed by atoms with E-state index < -0.39 is 5.97 Å². The van der Waals surface area contributed by atoms with Crippen molar-refractivity contribution in [3.05, 3.63) is 29.8 Å². The molecule has 1 saturated heterocycles. The summed E-state index contributed by atoms with van der Waals surface area (Å²) >= 11 is 0. The molecule has 0 spiro atoms. The van der Waals surface area contributed by atoms with Gasteiger partial charge in [0.1, 0.15) is 11.3 Å². The summed E-state index contributed by atoms with van der Waals surface area (Å²) in [6.45, 7) is 2.49. The van der Waals surface area contributed by atoms with Crippen LogP contribution in [0.3, 0.4) is 0 Å².